The van der Waals surface area contributed by atoms with Crippen LogP contribution in [0.15, 0.2) is 66.3 Å². The van der Waals surface area contributed by atoms with E-state index in [4.69, 9.17) is 4.74 Å². The number of anilines is 1. The second-order valence-corrected chi connectivity index (χ2v) is 8.88. The Bertz CT molecular complexity index is 1240. The Hall–Kier alpha value is -3.92. The molecule has 1 heterocycles. The Kier molecular flexibility index (Phi) is 9.40. The Morgan fingerprint density at radius 2 is 1.89 bits per heavy atom. The predicted molar refractivity (Wildman–Crippen MR) is 139 cm³/mol. The van der Waals surface area contributed by atoms with E-state index in [2.05, 4.69) is 27.4 Å². The molecular weight excluding hydrogens is 478 g/mol. The number of nitrogens with zero attached hydrogens (tertiary/aromatic N) is 3. The normalized spacial score (nSPS) is 11.4. The van der Waals surface area contributed by atoms with Crippen LogP contribution in [0.3, 0.4) is 0 Å². The SMILES string of the molecule is C=CCn1c(SCC(=O)Nc2cccc(C(=O)OCC)c2)nnc1[C@@H](C)NC(=O)c1ccc(C)cc1. The van der Waals surface area contributed by atoms with Crippen LogP contribution in [0.5, 0.6) is 0 Å². The van der Waals surface area contributed by atoms with E-state index in [0.717, 1.165) is 5.56 Å². The Morgan fingerprint density at radius 1 is 1.14 bits per heavy atom. The lowest BCUT2D eigenvalue weighted by atomic mass is 10.1. The fourth-order valence-corrected chi connectivity index (χ4v) is 4.10. The fourth-order valence-electron chi connectivity index (χ4n) is 3.34. The maximum absolute atomic E-state index is 12.6. The lowest BCUT2D eigenvalue weighted by Gasteiger charge is -2.15. The van der Waals surface area contributed by atoms with Crippen molar-refractivity contribution in [2.45, 2.75) is 38.5 Å². The molecule has 10 heteroatoms. The molecule has 0 saturated heterocycles. The van der Waals surface area contributed by atoms with Crippen LogP contribution in [-0.2, 0) is 16.1 Å². The molecule has 0 fully saturated rings. The molecule has 2 amide bonds. The summed E-state index contributed by atoms with van der Waals surface area (Å²) in [5.41, 5.74) is 2.48. The number of aryl methyl sites for hydroxylation is 1. The zero-order valence-electron chi connectivity index (χ0n) is 20.5. The molecule has 3 aromatic rings. The third-order valence-corrected chi connectivity index (χ3v) is 6.06. The van der Waals surface area contributed by atoms with Crippen molar-refractivity contribution in [2.24, 2.45) is 0 Å². The highest BCUT2D eigenvalue weighted by Gasteiger charge is 2.20. The van der Waals surface area contributed by atoms with Gasteiger partial charge in [-0.2, -0.15) is 0 Å². The number of carbonyl (C=O) groups excluding carboxylic acids is 3. The van der Waals surface area contributed by atoms with Gasteiger partial charge in [-0.05, 0) is 51.1 Å². The van der Waals surface area contributed by atoms with Gasteiger partial charge in [-0.1, -0.05) is 41.6 Å². The molecule has 36 heavy (non-hydrogen) atoms. The van der Waals surface area contributed by atoms with Crippen molar-refractivity contribution in [3.63, 3.8) is 0 Å². The van der Waals surface area contributed by atoms with Crippen molar-refractivity contribution < 1.29 is 19.1 Å². The monoisotopic (exact) mass is 507 g/mol. The number of hydrogen-bond donors (Lipinski definition) is 2. The first-order valence-electron chi connectivity index (χ1n) is 11.4. The average molecular weight is 508 g/mol. The smallest absolute Gasteiger partial charge is 0.338 e. The van der Waals surface area contributed by atoms with Gasteiger partial charge in [-0.3, -0.25) is 9.59 Å². The van der Waals surface area contributed by atoms with E-state index in [1.807, 2.05) is 30.5 Å². The molecule has 0 radical (unpaired) electrons. The number of amides is 2. The van der Waals surface area contributed by atoms with E-state index in [0.29, 0.717) is 34.3 Å². The van der Waals surface area contributed by atoms with Crippen molar-refractivity contribution in [3.05, 3.63) is 83.7 Å². The van der Waals surface area contributed by atoms with E-state index in [1.165, 1.54) is 11.8 Å². The van der Waals surface area contributed by atoms with E-state index in [9.17, 15) is 14.4 Å². The molecule has 3 rings (SSSR count). The number of carbonyl (C=O) groups is 3. The molecule has 9 nitrogen and oxygen atoms in total. The highest BCUT2D eigenvalue weighted by molar-refractivity contribution is 7.99. The van der Waals surface area contributed by atoms with Crippen molar-refractivity contribution >= 4 is 35.2 Å². The topological polar surface area (TPSA) is 115 Å². The van der Waals surface area contributed by atoms with Crippen LogP contribution < -0.4 is 10.6 Å². The first kappa shape index (κ1) is 26.7. The molecular formula is C26H29N5O4S. The minimum absolute atomic E-state index is 0.0724. The van der Waals surface area contributed by atoms with Gasteiger partial charge in [0.15, 0.2) is 11.0 Å². The Morgan fingerprint density at radius 3 is 2.58 bits per heavy atom. The molecule has 2 N–H and O–H groups in total. The average Bonchev–Trinajstić information content (AvgIpc) is 3.26. The van der Waals surface area contributed by atoms with Crippen molar-refractivity contribution in [3.8, 4) is 0 Å². The number of rotatable bonds is 11. The molecule has 0 spiro atoms. The molecule has 0 aliphatic heterocycles. The van der Waals surface area contributed by atoms with Crippen molar-refractivity contribution in [2.75, 3.05) is 17.7 Å². The fraction of sp³-hybridized carbons (Fsp3) is 0.269. The molecule has 1 atom stereocenters. The maximum atomic E-state index is 12.6. The highest BCUT2D eigenvalue weighted by Crippen LogP contribution is 2.22. The van der Waals surface area contributed by atoms with E-state index >= 15 is 0 Å². The molecule has 0 aliphatic rings. The van der Waals surface area contributed by atoms with Crippen molar-refractivity contribution in [1.82, 2.24) is 20.1 Å². The van der Waals surface area contributed by atoms with Gasteiger partial charge < -0.3 is 19.9 Å². The predicted octanol–water partition coefficient (Wildman–Crippen LogP) is 4.17. The largest absolute Gasteiger partial charge is 0.462 e. The lowest BCUT2D eigenvalue weighted by Crippen LogP contribution is -2.28. The first-order valence-corrected chi connectivity index (χ1v) is 12.4. The van der Waals surface area contributed by atoms with Gasteiger partial charge in [0, 0.05) is 17.8 Å². The number of nitrogens with one attached hydrogen (secondary N) is 2. The summed E-state index contributed by atoms with van der Waals surface area (Å²) in [6.07, 6.45) is 1.70. The number of benzene rings is 2. The number of allylic oxidation sites excluding steroid dienone is 1. The highest BCUT2D eigenvalue weighted by atomic mass is 32.2. The molecule has 0 aliphatic carbocycles. The van der Waals surface area contributed by atoms with Gasteiger partial charge in [0.1, 0.15) is 0 Å². The number of ether oxygens (including phenoxy) is 1. The minimum Gasteiger partial charge on any atom is -0.462 e. The Balaban J connectivity index is 1.64. The third-order valence-electron chi connectivity index (χ3n) is 5.10. The quantitative estimate of drug-likeness (QED) is 0.227. The van der Waals surface area contributed by atoms with Crippen LogP contribution >= 0.6 is 11.8 Å². The zero-order chi connectivity index (χ0) is 26.1. The van der Waals surface area contributed by atoms with Gasteiger partial charge >= 0.3 is 5.97 Å². The van der Waals surface area contributed by atoms with Crippen LogP contribution in [0.2, 0.25) is 0 Å². The standard InChI is InChI=1S/C26H29N5O4S/c1-5-14-31-23(18(4)27-24(33)19-12-10-17(3)11-13-19)29-30-26(31)36-16-22(32)28-21-9-7-8-20(15-21)25(34)35-6-2/h5,7-13,15,18H,1,6,14,16H2,2-4H3,(H,27,33)(H,28,32)/t18-/m1/s1. The summed E-state index contributed by atoms with van der Waals surface area (Å²) in [5, 5.41) is 14.7. The summed E-state index contributed by atoms with van der Waals surface area (Å²) < 4.78 is 6.81. The van der Waals surface area contributed by atoms with Crippen LogP contribution in [0.4, 0.5) is 5.69 Å². The number of thioether (sulfide) groups is 1. The van der Waals surface area contributed by atoms with Crippen LogP contribution in [0.1, 0.15) is 52.0 Å². The van der Waals surface area contributed by atoms with E-state index in [-0.39, 0.29) is 24.2 Å². The van der Waals surface area contributed by atoms with Gasteiger partial charge in [-0.25, -0.2) is 4.79 Å². The molecule has 188 valence electrons. The van der Waals surface area contributed by atoms with Gasteiger partial charge in [0.2, 0.25) is 5.91 Å². The summed E-state index contributed by atoms with van der Waals surface area (Å²) in [7, 11) is 0. The molecule has 0 saturated carbocycles. The first-order chi connectivity index (χ1) is 17.3. The number of aromatic nitrogens is 3. The van der Waals surface area contributed by atoms with Crippen LogP contribution in [0.25, 0.3) is 0 Å². The van der Waals surface area contributed by atoms with Gasteiger partial charge in [0.05, 0.1) is 24.0 Å². The van der Waals surface area contributed by atoms with Crippen LogP contribution in [-0.4, -0.2) is 44.9 Å². The second kappa shape index (κ2) is 12.7. The Labute approximate surface area is 214 Å². The minimum atomic E-state index is -0.448. The zero-order valence-corrected chi connectivity index (χ0v) is 21.3. The second-order valence-electron chi connectivity index (χ2n) is 7.94. The van der Waals surface area contributed by atoms with Crippen LogP contribution in [0, 0.1) is 6.92 Å². The maximum Gasteiger partial charge on any atom is 0.338 e. The summed E-state index contributed by atoms with van der Waals surface area (Å²) in [6.45, 7) is 10.00. The summed E-state index contributed by atoms with van der Waals surface area (Å²) in [4.78, 5) is 37.1. The molecule has 0 unspecified atom stereocenters. The number of esters is 1. The third kappa shape index (κ3) is 7.05. The van der Waals surface area contributed by atoms with E-state index in [1.54, 1.807) is 49.4 Å². The van der Waals surface area contributed by atoms with Gasteiger partial charge in [-0.15, -0.1) is 16.8 Å². The summed E-state index contributed by atoms with van der Waals surface area (Å²) in [6, 6.07) is 13.5. The lowest BCUT2D eigenvalue weighted by molar-refractivity contribution is -0.113. The van der Waals surface area contributed by atoms with E-state index < -0.39 is 12.0 Å². The van der Waals surface area contributed by atoms with Gasteiger partial charge in [0.25, 0.3) is 5.91 Å². The summed E-state index contributed by atoms with van der Waals surface area (Å²) >= 11 is 1.21. The number of hydrogen-bond acceptors (Lipinski definition) is 7. The molecule has 2 aromatic carbocycles. The molecule has 1 aromatic heterocycles. The molecule has 0 bridgehead atoms. The van der Waals surface area contributed by atoms with Crippen molar-refractivity contribution in [1.29, 1.82) is 0 Å². The summed E-state index contributed by atoms with van der Waals surface area (Å²) in [5.74, 6) is -0.300.